The minimum Gasteiger partial charge on any atom is -0.497 e. The largest absolute Gasteiger partial charge is 0.497 e. The molecular formula is C20H18ClN3O3. The van der Waals surface area contributed by atoms with Crippen molar-refractivity contribution in [3.8, 4) is 5.75 Å². The minimum atomic E-state index is -0.497. The number of amides is 3. The summed E-state index contributed by atoms with van der Waals surface area (Å²) in [5.41, 5.74) is 2.89. The average Bonchev–Trinajstić information content (AvgIpc) is 2.98. The molecule has 1 atom stereocenters. The summed E-state index contributed by atoms with van der Waals surface area (Å²) in [6.07, 6.45) is 0. The molecular weight excluding hydrogens is 366 g/mol. The quantitative estimate of drug-likeness (QED) is 0.852. The van der Waals surface area contributed by atoms with Crippen LogP contribution in [0.1, 0.15) is 17.2 Å². The van der Waals surface area contributed by atoms with Crippen molar-refractivity contribution < 1.29 is 14.3 Å². The number of carbonyl (C=O) groups excluding carboxylic acids is 2. The van der Waals surface area contributed by atoms with Crippen LogP contribution in [0.15, 0.2) is 59.8 Å². The monoisotopic (exact) mass is 383 g/mol. The first kappa shape index (κ1) is 17.4. The zero-order chi connectivity index (χ0) is 19.0. The third-order valence-electron chi connectivity index (χ3n) is 4.79. The maximum absolute atomic E-state index is 13.1. The summed E-state index contributed by atoms with van der Waals surface area (Å²) in [5, 5.41) is 6.23. The van der Waals surface area contributed by atoms with Gasteiger partial charge in [-0.15, -0.1) is 0 Å². The summed E-state index contributed by atoms with van der Waals surface area (Å²) >= 11 is 6.23. The van der Waals surface area contributed by atoms with Crippen LogP contribution in [0.4, 0.5) is 4.79 Å². The van der Waals surface area contributed by atoms with Gasteiger partial charge in [0.2, 0.25) is 0 Å². The first-order chi connectivity index (χ1) is 13.1. The maximum Gasteiger partial charge on any atom is 0.319 e. The summed E-state index contributed by atoms with van der Waals surface area (Å²) in [5.74, 6) is 0.601. The number of rotatable bonds is 4. The van der Waals surface area contributed by atoms with Crippen LogP contribution in [-0.2, 0) is 11.3 Å². The number of hydrogen-bond acceptors (Lipinski definition) is 3. The zero-order valence-electron chi connectivity index (χ0n) is 14.7. The predicted molar refractivity (Wildman–Crippen MR) is 101 cm³/mol. The second-order valence-electron chi connectivity index (χ2n) is 6.45. The average molecular weight is 384 g/mol. The lowest BCUT2D eigenvalue weighted by Crippen LogP contribution is -2.44. The van der Waals surface area contributed by atoms with Crippen molar-refractivity contribution in [2.24, 2.45) is 0 Å². The van der Waals surface area contributed by atoms with Crippen molar-refractivity contribution in [1.29, 1.82) is 0 Å². The van der Waals surface area contributed by atoms with Gasteiger partial charge in [-0.2, -0.15) is 0 Å². The Hall–Kier alpha value is -2.99. The van der Waals surface area contributed by atoms with Crippen LogP contribution in [0.25, 0.3) is 0 Å². The molecule has 4 rings (SSSR count). The third-order valence-corrected chi connectivity index (χ3v) is 5.16. The Morgan fingerprint density at radius 1 is 1.15 bits per heavy atom. The van der Waals surface area contributed by atoms with Gasteiger partial charge in [0.1, 0.15) is 5.75 Å². The van der Waals surface area contributed by atoms with Crippen molar-refractivity contribution >= 4 is 23.5 Å². The van der Waals surface area contributed by atoms with Gasteiger partial charge in [0, 0.05) is 11.6 Å². The number of hydrogen-bond donors (Lipinski definition) is 2. The molecule has 2 heterocycles. The van der Waals surface area contributed by atoms with Crippen LogP contribution < -0.4 is 15.4 Å². The van der Waals surface area contributed by atoms with E-state index in [2.05, 4.69) is 10.6 Å². The molecule has 0 bridgehead atoms. The van der Waals surface area contributed by atoms with Crippen molar-refractivity contribution in [2.75, 3.05) is 13.7 Å². The van der Waals surface area contributed by atoms with E-state index in [4.69, 9.17) is 16.3 Å². The highest BCUT2D eigenvalue weighted by atomic mass is 35.5. The standard InChI is InChI=1S/C20H18ClN3O3/c1-27-14-8-6-12(7-9-14)18-17-16(22-20(26)23-18)11-24(19(17)25)10-13-4-2-3-5-15(13)21/h2-9,18H,10-11H2,1H3,(H2,22,23,26)/t18-/m1/s1. The van der Waals surface area contributed by atoms with E-state index in [-0.39, 0.29) is 11.9 Å². The Morgan fingerprint density at radius 2 is 1.89 bits per heavy atom. The number of benzene rings is 2. The second kappa shape index (κ2) is 6.96. The molecule has 7 heteroatoms. The lowest BCUT2D eigenvalue weighted by Gasteiger charge is -2.25. The predicted octanol–water partition coefficient (Wildman–Crippen LogP) is 3.00. The Labute approximate surface area is 161 Å². The fourth-order valence-corrected chi connectivity index (χ4v) is 3.63. The first-order valence-electron chi connectivity index (χ1n) is 8.54. The van der Waals surface area contributed by atoms with Gasteiger partial charge < -0.3 is 20.3 Å². The number of methoxy groups -OCH3 is 1. The molecule has 2 aromatic rings. The third kappa shape index (κ3) is 3.24. The van der Waals surface area contributed by atoms with Gasteiger partial charge in [-0.1, -0.05) is 41.9 Å². The molecule has 0 unspecified atom stereocenters. The van der Waals surface area contributed by atoms with E-state index < -0.39 is 6.04 Å². The molecule has 2 aliphatic heterocycles. The van der Waals surface area contributed by atoms with Crippen molar-refractivity contribution in [3.63, 3.8) is 0 Å². The molecule has 2 N–H and O–H groups in total. The molecule has 2 aliphatic rings. The number of nitrogens with one attached hydrogen (secondary N) is 2. The smallest absolute Gasteiger partial charge is 0.319 e. The summed E-state index contributed by atoms with van der Waals surface area (Å²) in [6, 6.07) is 13.9. The zero-order valence-corrected chi connectivity index (χ0v) is 15.4. The van der Waals surface area contributed by atoms with E-state index in [0.717, 1.165) is 11.1 Å². The summed E-state index contributed by atoms with van der Waals surface area (Å²) < 4.78 is 5.18. The molecule has 27 heavy (non-hydrogen) atoms. The van der Waals surface area contributed by atoms with Crippen molar-refractivity contribution in [3.05, 3.63) is 76.0 Å². The molecule has 0 aromatic heterocycles. The van der Waals surface area contributed by atoms with Gasteiger partial charge in [0.25, 0.3) is 5.91 Å². The Bertz CT molecular complexity index is 940. The number of ether oxygens (including phenoxy) is 1. The van der Waals surface area contributed by atoms with Crippen LogP contribution in [0, 0.1) is 0 Å². The molecule has 0 saturated heterocycles. The van der Waals surface area contributed by atoms with Gasteiger partial charge in [0.15, 0.2) is 0 Å². The molecule has 3 amide bonds. The summed E-state index contributed by atoms with van der Waals surface area (Å²) in [4.78, 5) is 26.9. The highest BCUT2D eigenvalue weighted by Gasteiger charge is 2.40. The molecule has 0 spiro atoms. The molecule has 138 valence electrons. The Kier molecular flexibility index (Phi) is 4.49. The number of nitrogens with zero attached hydrogens (tertiary/aromatic N) is 1. The minimum absolute atomic E-state index is 0.113. The topological polar surface area (TPSA) is 70.7 Å². The Balaban J connectivity index is 1.62. The van der Waals surface area contributed by atoms with E-state index in [1.54, 1.807) is 18.1 Å². The Morgan fingerprint density at radius 3 is 2.59 bits per heavy atom. The summed E-state index contributed by atoms with van der Waals surface area (Å²) in [7, 11) is 1.59. The number of carbonyl (C=O) groups is 2. The van der Waals surface area contributed by atoms with Crippen LogP contribution in [0.3, 0.4) is 0 Å². The van der Waals surface area contributed by atoms with Crippen molar-refractivity contribution in [2.45, 2.75) is 12.6 Å². The highest BCUT2D eigenvalue weighted by Crippen LogP contribution is 2.34. The number of urea groups is 1. The second-order valence-corrected chi connectivity index (χ2v) is 6.86. The van der Waals surface area contributed by atoms with Crippen molar-refractivity contribution in [1.82, 2.24) is 15.5 Å². The normalized spacial score (nSPS) is 18.9. The van der Waals surface area contributed by atoms with Gasteiger partial charge in [-0.3, -0.25) is 4.79 Å². The van der Waals surface area contributed by atoms with Crippen LogP contribution in [0.5, 0.6) is 5.75 Å². The van der Waals surface area contributed by atoms with E-state index in [1.165, 1.54) is 0 Å². The molecule has 0 fully saturated rings. The lowest BCUT2D eigenvalue weighted by atomic mass is 9.96. The van der Waals surface area contributed by atoms with E-state index in [9.17, 15) is 9.59 Å². The van der Waals surface area contributed by atoms with E-state index >= 15 is 0 Å². The molecule has 6 nitrogen and oxygen atoms in total. The van der Waals surface area contributed by atoms with Gasteiger partial charge >= 0.3 is 6.03 Å². The summed E-state index contributed by atoms with van der Waals surface area (Å²) in [6.45, 7) is 0.732. The first-order valence-corrected chi connectivity index (χ1v) is 8.92. The van der Waals surface area contributed by atoms with Crippen LogP contribution >= 0.6 is 11.6 Å². The number of halogens is 1. The molecule has 0 aliphatic carbocycles. The van der Waals surface area contributed by atoms with Crippen LogP contribution in [-0.4, -0.2) is 30.5 Å². The van der Waals surface area contributed by atoms with Gasteiger partial charge in [-0.25, -0.2) is 4.79 Å². The van der Waals surface area contributed by atoms with E-state index in [1.807, 2.05) is 42.5 Å². The SMILES string of the molecule is COc1ccc([C@H]2NC(=O)NC3=C2C(=O)N(Cc2ccccc2Cl)C3)cc1. The maximum atomic E-state index is 13.1. The van der Waals surface area contributed by atoms with Crippen LogP contribution in [0.2, 0.25) is 5.02 Å². The fourth-order valence-electron chi connectivity index (χ4n) is 3.43. The molecule has 2 aromatic carbocycles. The van der Waals surface area contributed by atoms with Gasteiger partial charge in [-0.05, 0) is 29.3 Å². The fraction of sp³-hybridized carbons (Fsp3) is 0.200. The molecule has 0 saturated carbocycles. The lowest BCUT2D eigenvalue weighted by molar-refractivity contribution is -0.126. The van der Waals surface area contributed by atoms with E-state index in [0.29, 0.717) is 35.1 Å². The molecule has 0 radical (unpaired) electrons. The van der Waals surface area contributed by atoms with Gasteiger partial charge in [0.05, 0.1) is 31.0 Å². The highest BCUT2D eigenvalue weighted by molar-refractivity contribution is 6.31.